The van der Waals surface area contributed by atoms with Crippen LogP contribution in [-0.4, -0.2) is 75.9 Å². The second-order valence-electron chi connectivity index (χ2n) is 12.1. The molecule has 1 saturated heterocycles. The Morgan fingerprint density at radius 3 is 2.02 bits per heavy atom. The standard InChI is InChI=1S/C25H32N4.C6H8O7/c1-24(2)15-21(16-25(3,4)28-24)29(18-20-10-5-6-13-26-20)17-19-9-7-12-23-22(19)11-8-14-27-23;7-3(8)1-6(13,5(11)12)2-4(9)10/h5-14,21,28H,15-18H2,1-4H3;13H,1-2H2,(H,7,8)(H,9,10)(H,11,12). The highest BCUT2D eigenvalue weighted by atomic mass is 16.4. The Morgan fingerprint density at radius 1 is 0.857 bits per heavy atom. The van der Waals surface area contributed by atoms with Crippen LogP contribution in [0.15, 0.2) is 60.9 Å². The molecule has 0 unspecified atom stereocenters. The summed E-state index contributed by atoms with van der Waals surface area (Å²) in [5, 5.41) is 38.9. The summed E-state index contributed by atoms with van der Waals surface area (Å²) < 4.78 is 0. The molecule has 11 nitrogen and oxygen atoms in total. The summed E-state index contributed by atoms with van der Waals surface area (Å²) in [7, 11) is 0. The minimum atomic E-state index is -2.74. The molecule has 0 amide bonds. The first-order valence-electron chi connectivity index (χ1n) is 13.7. The van der Waals surface area contributed by atoms with Crippen LogP contribution < -0.4 is 5.32 Å². The summed E-state index contributed by atoms with van der Waals surface area (Å²) in [5.74, 6) is -5.02. The molecule has 1 fully saturated rings. The second-order valence-corrected chi connectivity index (χ2v) is 12.1. The van der Waals surface area contributed by atoms with E-state index >= 15 is 0 Å². The number of rotatable bonds is 10. The number of nitrogens with one attached hydrogen (secondary N) is 1. The van der Waals surface area contributed by atoms with Gasteiger partial charge in [-0.05, 0) is 70.4 Å². The lowest BCUT2D eigenvalue weighted by atomic mass is 9.79. The predicted molar refractivity (Wildman–Crippen MR) is 157 cm³/mol. The number of fused-ring (bicyclic) bond motifs is 1. The van der Waals surface area contributed by atoms with Crippen molar-refractivity contribution in [3.8, 4) is 0 Å². The van der Waals surface area contributed by atoms with Gasteiger partial charge in [0.15, 0.2) is 5.60 Å². The van der Waals surface area contributed by atoms with Gasteiger partial charge in [0, 0.05) is 48.0 Å². The first-order chi connectivity index (χ1) is 19.6. The number of aliphatic carboxylic acids is 3. The van der Waals surface area contributed by atoms with Crippen molar-refractivity contribution < 1.29 is 34.8 Å². The van der Waals surface area contributed by atoms with E-state index in [2.05, 4.69) is 84.3 Å². The SMILES string of the molecule is CC1(C)CC(N(Cc2ccccn2)Cc2cccc3ncccc23)CC(C)(C)N1.O=C(O)CC(O)(CC(=O)O)C(=O)O. The van der Waals surface area contributed by atoms with Gasteiger partial charge in [-0.1, -0.05) is 24.3 Å². The Labute approximate surface area is 245 Å². The minimum Gasteiger partial charge on any atom is -0.481 e. The average molecular weight is 581 g/mol. The molecule has 3 aromatic rings. The molecule has 0 aliphatic carbocycles. The highest BCUT2D eigenvalue weighted by molar-refractivity contribution is 5.88. The quantitative estimate of drug-likeness (QED) is 0.237. The molecule has 0 saturated carbocycles. The molecule has 1 aromatic carbocycles. The number of hydrogen-bond acceptors (Lipinski definition) is 8. The molecule has 5 N–H and O–H groups in total. The van der Waals surface area contributed by atoms with Crippen molar-refractivity contribution in [1.29, 1.82) is 0 Å². The Morgan fingerprint density at radius 2 is 1.48 bits per heavy atom. The maximum absolute atomic E-state index is 10.3. The number of hydrogen-bond donors (Lipinski definition) is 5. The van der Waals surface area contributed by atoms with Gasteiger partial charge < -0.3 is 25.7 Å². The molecule has 42 heavy (non-hydrogen) atoms. The van der Waals surface area contributed by atoms with Gasteiger partial charge in [0.25, 0.3) is 0 Å². The van der Waals surface area contributed by atoms with E-state index in [1.54, 1.807) is 0 Å². The van der Waals surface area contributed by atoms with Gasteiger partial charge in [-0.25, -0.2) is 4.79 Å². The molecular formula is C31H40N4O7. The number of pyridine rings is 2. The zero-order chi connectivity index (χ0) is 31.1. The fourth-order valence-corrected chi connectivity index (χ4v) is 5.78. The molecule has 1 aliphatic heterocycles. The van der Waals surface area contributed by atoms with E-state index in [4.69, 9.17) is 20.4 Å². The van der Waals surface area contributed by atoms with Crippen LogP contribution in [0, 0.1) is 0 Å². The van der Waals surface area contributed by atoms with Crippen LogP contribution in [0.1, 0.15) is 64.6 Å². The lowest BCUT2D eigenvalue weighted by Gasteiger charge is -2.49. The van der Waals surface area contributed by atoms with E-state index in [1.807, 2.05) is 24.5 Å². The fourth-order valence-electron chi connectivity index (χ4n) is 5.78. The number of aromatic nitrogens is 2. The molecule has 11 heteroatoms. The normalized spacial score (nSPS) is 16.4. The molecule has 0 atom stereocenters. The second kappa shape index (κ2) is 13.4. The third-order valence-electron chi connectivity index (χ3n) is 7.17. The van der Waals surface area contributed by atoms with Crippen molar-refractivity contribution in [2.24, 2.45) is 0 Å². The van der Waals surface area contributed by atoms with Crippen LogP contribution in [0.3, 0.4) is 0 Å². The van der Waals surface area contributed by atoms with E-state index in [-0.39, 0.29) is 11.1 Å². The van der Waals surface area contributed by atoms with Crippen molar-refractivity contribution in [3.05, 3.63) is 72.2 Å². The summed E-state index contributed by atoms with van der Waals surface area (Å²) >= 11 is 0. The van der Waals surface area contributed by atoms with E-state index in [0.29, 0.717) is 6.04 Å². The van der Waals surface area contributed by atoms with Gasteiger partial charge in [-0.15, -0.1) is 0 Å². The lowest BCUT2D eigenvalue weighted by Crippen LogP contribution is -2.62. The van der Waals surface area contributed by atoms with E-state index in [1.165, 1.54) is 10.9 Å². The van der Waals surface area contributed by atoms with Crippen molar-refractivity contribution in [2.45, 2.75) is 89.2 Å². The first kappa shape index (κ1) is 32.6. The Bertz CT molecular complexity index is 1360. The highest BCUT2D eigenvalue weighted by Gasteiger charge is 2.41. The topological polar surface area (TPSA) is 173 Å². The van der Waals surface area contributed by atoms with Gasteiger partial charge >= 0.3 is 17.9 Å². The molecule has 226 valence electrons. The number of carbonyl (C=O) groups is 3. The summed E-state index contributed by atoms with van der Waals surface area (Å²) in [6, 6.07) is 17.4. The van der Waals surface area contributed by atoms with Crippen LogP contribution in [0.25, 0.3) is 10.9 Å². The van der Waals surface area contributed by atoms with Crippen molar-refractivity contribution >= 4 is 28.8 Å². The number of benzene rings is 1. The Kier molecular flexibility index (Phi) is 10.4. The molecule has 0 radical (unpaired) electrons. The van der Waals surface area contributed by atoms with E-state index < -0.39 is 36.4 Å². The van der Waals surface area contributed by atoms with Gasteiger partial charge in [0.05, 0.1) is 24.1 Å². The Balaban J connectivity index is 0.000000316. The van der Waals surface area contributed by atoms with Crippen molar-refractivity contribution in [1.82, 2.24) is 20.2 Å². The van der Waals surface area contributed by atoms with Gasteiger partial charge in [0.2, 0.25) is 0 Å². The van der Waals surface area contributed by atoms with Gasteiger partial charge in [-0.2, -0.15) is 0 Å². The predicted octanol–water partition coefficient (Wildman–Crippen LogP) is 3.69. The molecule has 2 aromatic heterocycles. The van der Waals surface area contributed by atoms with E-state index in [9.17, 15) is 14.4 Å². The summed E-state index contributed by atoms with van der Waals surface area (Å²) in [6.07, 6.45) is 3.71. The largest absolute Gasteiger partial charge is 0.481 e. The molecule has 0 spiro atoms. The van der Waals surface area contributed by atoms with Gasteiger partial charge in [-0.3, -0.25) is 24.5 Å². The number of aliphatic hydroxyl groups is 1. The molecule has 1 aliphatic rings. The summed E-state index contributed by atoms with van der Waals surface area (Å²) in [5.41, 5.74) is 0.997. The van der Waals surface area contributed by atoms with Crippen LogP contribution in [0.5, 0.6) is 0 Å². The monoisotopic (exact) mass is 580 g/mol. The zero-order valence-corrected chi connectivity index (χ0v) is 24.4. The summed E-state index contributed by atoms with van der Waals surface area (Å²) in [4.78, 5) is 42.3. The first-order valence-corrected chi connectivity index (χ1v) is 13.7. The maximum atomic E-state index is 10.3. The lowest BCUT2D eigenvalue weighted by molar-refractivity contribution is -0.170. The van der Waals surface area contributed by atoms with Gasteiger partial charge in [0.1, 0.15) is 0 Å². The minimum absolute atomic E-state index is 0.106. The highest BCUT2D eigenvalue weighted by Crippen LogP contribution is 2.33. The zero-order valence-electron chi connectivity index (χ0n) is 24.4. The van der Waals surface area contributed by atoms with Crippen LogP contribution in [-0.2, 0) is 27.5 Å². The summed E-state index contributed by atoms with van der Waals surface area (Å²) in [6.45, 7) is 11.0. The fraction of sp³-hybridized carbons (Fsp3) is 0.452. The van der Waals surface area contributed by atoms with Crippen LogP contribution in [0.4, 0.5) is 0 Å². The third kappa shape index (κ3) is 9.30. The van der Waals surface area contributed by atoms with Crippen molar-refractivity contribution in [2.75, 3.05) is 0 Å². The molecular weight excluding hydrogens is 540 g/mol. The van der Waals surface area contributed by atoms with Crippen molar-refractivity contribution in [3.63, 3.8) is 0 Å². The third-order valence-corrected chi connectivity index (χ3v) is 7.17. The number of carboxylic acids is 3. The molecule has 0 bridgehead atoms. The average Bonchev–Trinajstić information content (AvgIpc) is 2.87. The maximum Gasteiger partial charge on any atom is 0.336 e. The Hall–Kier alpha value is -3.93. The molecule has 3 heterocycles. The number of carboxylic acid groups (broad SMARTS) is 3. The van der Waals surface area contributed by atoms with E-state index in [0.717, 1.165) is 37.1 Å². The smallest absolute Gasteiger partial charge is 0.336 e. The van der Waals surface area contributed by atoms with Crippen LogP contribution >= 0.6 is 0 Å². The molecule has 4 rings (SSSR count). The van der Waals surface area contributed by atoms with Crippen LogP contribution in [0.2, 0.25) is 0 Å². The number of piperidine rings is 1. The number of nitrogens with zero attached hydrogens (tertiary/aromatic N) is 3.